The molecular weight excluding hydrogens is 304 g/mol. The number of hydrogen-bond acceptors (Lipinski definition) is 3. The van der Waals surface area contributed by atoms with Crippen LogP contribution in [-0.2, 0) is 0 Å². The van der Waals surface area contributed by atoms with Gasteiger partial charge in [0.25, 0.3) is 11.8 Å². The predicted octanol–water partition coefficient (Wildman–Crippen LogP) is 2.73. The second-order valence-electron chi connectivity index (χ2n) is 6.16. The van der Waals surface area contributed by atoms with Crippen LogP contribution >= 0.6 is 0 Å². The molecule has 0 atom stereocenters. The van der Waals surface area contributed by atoms with E-state index in [1.54, 1.807) is 15.5 Å². The van der Waals surface area contributed by atoms with Crippen LogP contribution in [0.1, 0.15) is 61.6 Å². The maximum atomic E-state index is 12.9. The number of nitrogens with zero attached hydrogens (tertiary/aromatic N) is 3. The molecule has 0 radical (unpaired) electrons. The first-order chi connectivity index (χ1) is 11.5. The van der Waals surface area contributed by atoms with E-state index in [-0.39, 0.29) is 23.7 Å². The third kappa shape index (κ3) is 3.75. The van der Waals surface area contributed by atoms with Crippen molar-refractivity contribution in [1.29, 1.82) is 0 Å². The van der Waals surface area contributed by atoms with Gasteiger partial charge < -0.3 is 10.2 Å². The van der Waals surface area contributed by atoms with Crippen LogP contribution in [0.5, 0.6) is 0 Å². The lowest BCUT2D eigenvalue weighted by atomic mass is 10.2. The van der Waals surface area contributed by atoms with Crippen molar-refractivity contribution < 1.29 is 9.59 Å². The van der Waals surface area contributed by atoms with Crippen molar-refractivity contribution in [2.45, 2.75) is 46.6 Å². The quantitative estimate of drug-likeness (QED) is 0.849. The average Bonchev–Trinajstić information content (AvgIpc) is 2.93. The van der Waals surface area contributed by atoms with Gasteiger partial charge in [0.05, 0.1) is 5.52 Å². The van der Waals surface area contributed by atoms with Gasteiger partial charge in [-0.3, -0.25) is 14.0 Å². The molecule has 0 fully saturated rings. The van der Waals surface area contributed by atoms with Gasteiger partial charge >= 0.3 is 0 Å². The summed E-state index contributed by atoms with van der Waals surface area (Å²) in [5, 5.41) is 2.84. The Kier molecular flexibility index (Phi) is 5.95. The standard InChI is InChI=1S/C18H26N4O2/c1-5-10-21(11-6-2)18(24)15-14-9-7-8-12-22(14)16(20-15)17(23)19-13(3)4/h7-9,12-13H,5-6,10-11H2,1-4H3,(H,19,23). The molecule has 2 aromatic rings. The zero-order chi connectivity index (χ0) is 17.7. The minimum atomic E-state index is -0.275. The molecule has 0 spiro atoms. The Morgan fingerprint density at radius 1 is 1.21 bits per heavy atom. The highest BCUT2D eigenvalue weighted by molar-refractivity contribution is 6.02. The van der Waals surface area contributed by atoms with Crippen molar-refractivity contribution in [3.8, 4) is 0 Å². The number of imidazole rings is 1. The molecule has 0 saturated carbocycles. The summed E-state index contributed by atoms with van der Waals surface area (Å²) in [4.78, 5) is 31.5. The normalized spacial score (nSPS) is 11.0. The summed E-state index contributed by atoms with van der Waals surface area (Å²) in [6, 6.07) is 5.50. The molecule has 0 aliphatic carbocycles. The number of carbonyl (C=O) groups is 2. The maximum Gasteiger partial charge on any atom is 0.287 e. The van der Waals surface area contributed by atoms with Crippen LogP contribution in [0.3, 0.4) is 0 Å². The lowest BCUT2D eigenvalue weighted by Gasteiger charge is -2.20. The number of amides is 2. The van der Waals surface area contributed by atoms with Gasteiger partial charge in [0, 0.05) is 25.3 Å². The highest BCUT2D eigenvalue weighted by Crippen LogP contribution is 2.16. The topological polar surface area (TPSA) is 66.7 Å². The third-order valence-corrected chi connectivity index (χ3v) is 3.65. The fraction of sp³-hybridized carbons (Fsp3) is 0.500. The molecule has 2 rings (SSSR count). The number of pyridine rings is 1. The van der Waals surface area contributed by atoms with Gasteiger partial charge in [-0.1, -0.05) is 19.9 Å². The summed E-state index contributed by atoms with van der Waals surface area (Å²) in [5.74, 6) is -0.149. The van der Waals surface area contributed by atoms with Crippen LogP contribution in [0.2, 0.25) is 0 Å². The summed E-state index contributed by atoms with van der Waals surface area (Å²) in [6.07, 6.45) is 3.54. The number of aromatic nitrogens is 2. The molecule has 0 aromatic carbocycles. The van der Waals surface area contributed by atoms with Gasteiger partial charge in [0.2, 0.25) is 5.82 Å². The van der Waals surface area contributed by atoms with Gasteiger partial charge in [-0.15, -0.1) is 0 Å². The minimum Gasteiger partial charge on any atom is -0.347 e. The van der Waals surface area contributed by atoms with Crippen LogP contribution in [0.25, 0.3) is 5.52 Å². The second-order valence-corrected chi connectivity index (χ2v) is 6.16. The molecule has 2 amide bonds. The highest BCUT2D eigenvalue weighted by atomic mass is 16.2. The van der Waals surface area contributed by atoms with E-state index in [0.717, 1.165) is 12.8 Å². The molecule has 24 heavy (non-hydrogen) atoms. The first-order valence-electron chi connectivity index (χ1n) is 8.56. The number of rotatable bonds is 7. The molecule has 6 heteroatoms. The van der Waals surface area contributed by atoms with Crippen LogP contribution in [0, 0.1) is 0 Å². The molecular formula is C18H26N4O2. The zero-order valence-electron chi connectivity index (χ0n) is 14.9. The van der Waals surface area contributed by atoms with E-state index in [1.165, 1.54) is 0 Å². The number of fused-ring (bicyclic) bond motifs is 1. The molecule has 6 nitrogen and oxygen atoms in total. The van der Waals surface area contributed by atoms with Crippen molar-refractivity contribution in [3.63, 3.8) is 0 Å². The molecule has 2 aromatic heterocycles. The summed E-state index contributed by atoms with van der Waals surface area (Å²) in [6.45, 7) is 9.25. The third-order valence-electron chi connectivity index (χ3n) is 3.65. The number of hydrogen-bond donors (Lipinski definition) is 1. The Morgan fingerprint density at radius 3 is 2.46 bits per heavy atom. The van der Waals surface area contributed by atoms with Gasteiger partial charge in [-0.2, -0.15) is 0 Å². The molecule has 0 saturated heterocycles. The highest BCUT2D eigenvalue weighted by Gasteiger charge is 2.24. The molecule has 0 aliphatic rings. The van der Waals surface area contributed by atoms with Crippen molar-refractivity contribution >= 4 is 17.3 Å². The minimum absolute atomic E-state index is 0.00407. The molecule has 0 unspecified atom stereocenters. The van der Waals surface area contributed by atoms with E-state index in [4.69, 9.17) is 0 Å². The maximum absolute atomic E-state index is 12.9. The summed E-state index contributed by atoms with van der Waals surface area (Å²) in [5.41, 5.74) is 1.00. The van der Waals surface area contributed by atoms with E-state index in [0.29, 0.717) is 24.3 Å². The van der Waals surface area contributed by atoms with Gasteiger partial charge in [0.1, 0.15) is 0 Å². The van der Waals surface area contributed by atoms with Gasteiger partial charge in [-0.05, 0) is 38.8 Å². The van der Waals surface area contributed by atoms with Crippen LogP contribution in [0.4, 0.5) is 0 Å². The Balaban J connectivity index is 2.47. The number of nitrogens with one attached hydrogen (secondary N) is 1. The van der Waals surface area contributed by atoms with Crippen molar-refractivity contribution in [2.75, 3.05) is 13.1 Å². The first kappa shape index (κ1) is 18.0. The number of carbonyl (C=O) groups excluding carboxylic acids is 2. The molecule has 0 aliphatic heterocycles. The van der Waals surface area contributed by atoms with Gasteiger partial charge in [-0.25, -0.2) is 4.98 Å². The summed E-state index contributed by atoms with van der Waals surface area (Å²) >= 11 is 0. The molecule has 0 bridgehead atoms. The van der Waals surface area contributed by atoms with Crippen LogP contribution in [0.15, 0.2) is 24.4 Å². The van der Waals surface area contributed by atoms with Crippen LogP contribution in [-0.4, -0.2) is 45.2 Å². The molecule has 130 valence electrons. The SMILES string of the molecule is CCCN(CCC)C(=O)c1nc(C(=O)NC(C)C)n2ccccc12. The van der Waals surface area contributed by atoms with E-state index < -0.39 is 0 Å². The van der Waals surface area contributed by atoms with Crippen molar-refractivity contribution in [1.82, 2.24) is 19.6 Å². The van der Waals surface area contributed by atoms with Crippen molar-refractivity contribution in [3.05, 3.63) is 35.9 Å². The predicted molar refractivity (Wildman–Crippen MR) is 94.3 cm³/mol. The van der Waals surface area contributed by atoms with E-state index in [1.807, 2.05) is 45.9 Å². The Bertz CT molecular complexity index is 715. The first-order valence-corrected chi connectivity index (χ1v) is 8.56. The fourth-order valence-corrected chi connectivity index (χ4v) is 2.69. The zero-order valence-corrected chi connectivity index (χ0v) is 14.9. The summed E-state index contributed by atoms with van der Waals surface area (Å²) in [7, 11) is 0. The van der Waals surface area contributed by atoms with E-state index >= 15 is 0 Å². The fourth-order valence-electron chi connectivity index (χ4n) is 2.69. The molecule has 2 heterocycles. The Labute approximate surface area is 142 Å². The van der Waals surface area contributed by atoms with Gasteiger partial charge in [0.15, 0.2) is 5.69 Å². The average molecular weight is 330 g/mol. The van der Waals surface area contributed by atoms with Crippen molar-refractivity contribution in [2.24, 2.45) is 0 Å². The monoisotopic (exact) mass is 330 g/mol. The molecule has 1 N–H and O–H groups in total. The lowest BCUT2D eigenvalue weighted by Crippen LogP contribution is -2.33. The largest absolute Gasteiger partial charge is 0.347 e. The van der Waals surface area contributed by atoms with E-state index in [2.05, 4.69) is 10.3 Å². The Hall–Kier alpha value is -2.37. The van der Waals surface area contributed by atoms with Crippen LogP contribution < -0.4 is 5.32 Å². The Morgan fingerprint density at radius 2 is 1.88 bits per heavy atom. The summed E-state index contributed by atoms with van der Waals surface area (Å²) < 4.78 is 1.68. The van der Waals surface area contributed by atoms with E-state index in [9.17, 15) is 9.59 Å². The smallest absolute Gasteiger partial charge is 0.287 e. The second kappa shape index (κ2) is 7.95. The lowest BCUT2D eigenvalue weighted by molar-refractivity contribution is 0.0752.